The number of rotatable bonds is 6. The molecule has 1 heterocycles. The van der Waals surface area contributed by atoms with Crippen molar-refractivity contribution >= 4 is 65.3 Å². The van der Waals surface area contributed by atoms with Gasteiger partial charge in [-0.3, -0.25) is 0 Å². The number of nitrogens with zero attached hydrogens (tertiary/aromatic N) is 2. The molecule has 4 rings (SSSR count). The first kappa shape index (κ1) is 26.2. The fourth-order valence-corrected chi connectivity index (χ4v) is 4.04. The zero-order valence-electron chi connectivity index (χ0n) is 18.0. The van der Waals surface area contributed by atoms with E-state index in [1.165, 1.54) is 0 Å². The zero-order valence-corrected chi connectivity index (χ0v) is 20.3. The summed E-state index contributed by atoms with van der Waals surface area (Å²) in [5, 5.41) is 5.36. The molecule has 3 aromatic rings. The van der Waals surface area contributed by atoms with E-state index in [0.717, 1.165) is 65.3 Å². The summed E-state index contributed by atoms with van der Waals surface area (Å²) >= 11 is 5.98. The molecule has 32 heavy (non-hydrogen) atoms. The summed E-state index contributed by atoms with van der Waals surface area (Å²) < 4.78 is 5.42. The van der Waals surface area contributed by atoms with Crippen molar-refractivity contribution in [2.24, 2.45) is 11.7 Å². The number of hydrogen-bond donors (Lipinski definition) is 2. The van der Waals surface area contributed by atoms with E-state index in [0.29, 0.717) is 17.8 Å². The number of fused-ring (bicyclic) bond motifs is 1. The largest absolute Gasteiger partial charge is 0.497 e. The Kier molecular flexibility index (Phi) is 10.0. The number of aromatic nitrogens is 2. The molecule has 0 atom stereocenters. The first-order chi connectivity index (χ1) is 14.6. The van der Waals surface area contributed by atoms with Gasteiger partial charge in [0.1, 0.15) is 11.6 Å². The van der Waals surface area contributed by atoms with Crippen molar-refractivity contribution in [1.82, 2.24) is 9.97 Å². The van der Waals surface area contributed by atoms with Crippen LogP contribution in [0.5, 0.6) is 5.75 Å². The van der Waals surface area contributed by atoms with Gasteiger partial charge in [-0.1, -0.05) is 29.8 Å². The van der Waals surface area contributed by atoms with Crippen LogP contribution < -0.4 is 15.8 Å². The van der Waals surface area contributed by atoms with Gasteiger partial charge in [0.15, 0.2) is 5.82 Å². The maximum atomic E-state index is 5.98. The summed E-state index contributed by atoms with van der Waals surface area (Å²) in [4.78, 5) is 9.55. The Bertz CT molecular complexity index is 1040. The van der Waals surface area contributed by atoms with Crippen LogP contribution in [0, 0.1) is 5.92 Å². The van der Waals surface area contributed by atoms with E-state index in [9.17, 15) is 0 Å². The second-order valence-corrected chi connectivity index (χ2v) is 8.23. The van der Waals surface area contributed by atoms with E-state index in [1.807, 2.05) is 54.6 Å². The van der Waals surface area contributed by atoms with E-state index >= 15 is 0 Å². The van der Waals surface area contributed by atoms with Crippen LogP contribution in [0.4, 0.5) is 5.82 Å². The molecule has 8 heteroatoms. The van der Waals surface area contributed by atoms with Crippen LogP contribution in [0.25, 0.3) is 23.1 Å². The number of nitrogens with one attached hydrogen (secondary N) is 1. The average molecular weight is 496 g/mol. The Morgan fingerprint density at radius 3 is 2.41 bits per heavy atom. The predicted octanol–water partition coefficient (Wildman–Crippen LogP) is 6.24. The van der Waals surface area contributed by atoms with Gasteiger partial charge in [-0.15, -0.1) is 24.8 Å². The topological polar surface area (TPSA) is 73.1 Å². The van der Waals surface area contributed by atoms with Crippen molar-refractivity contribution < 1.29 is 4.74 Å². The van der Waals surface area contributed by atoms with E-state index in [-0.39, 0.29) is 24.8 Å². The number of ether oxygens (including phenoxy) is 1. The number of benzene rings is 2. The molecule has 0 unspecified atom stereocenters. The second kappa shape index (κ2) is 12.3. The number of halogens is 3. The van der Waals surface area contributed by atoms with Gasteiger partial charge >= 0.3 is 0 Å². The third-order valence-electron chi connectivity index (χ3n) is 5.74. The van der Waals surface area contributed by atoms with Gasteiger partial charge in [0.05, 0.1) is 12.6 Å². The van der Waals surface area contributed by atoms with Crippen LogP contribution in [0.3, 0.4) is 0 Å². The predicted molar refractivity (Wildman–Crippen MR) is 139 cm³/mol. The van der Waals surface area contributed by atoms with Gasteiger partial charge < -0.3 is 15.8 Å². The Morgan fingerprint density at radius 2 is 1.75 bits per heavy atom. The zero-order chi connectivity index (χ0) is 20.9. The molecule has 0 aliphatic heterocycles. The smallest absolute Gasteiger partial charge is 0.154 e. The van der Waals surface area contributed by atoms with Crippen LogP contribution in [0.1, 0.15) is 37.1 Å². The highest BCUT2D eigenvalue weighted by atomic mass is 35.5. The fourth-order valence-electron chi connectivity index (χ4n) is 3.92. The highest BCUT2D eigenvalue weighted by Gasteiger charge is 2.21. The Labute approximate surface area is 206 Å². The number of anilines is 1. The molecule has 1 aliphatic rings. The fraction of sp³-hybridized carbons (Fsp3) is 0.333. The minimum absolute atomic E-state index is 0. The molecule has 1 fully saturated rings. The lowest BCUT2D eigenvalue weighted by Crippen LogP contribution is -2.29. The first-order valence-electron chi connectivity index (χ1n) is 10.4. The molecule has 2 aromatic carbocycles. The quantitative estimate of drug-likeness (QED) is 0.424. The summed E-state index contributed by atoms with van der Waals surface area (Å²) in [7, 11) is 1.67. The highest BCUT2D eigenvalue weighted by molar-refractivity contribution is 6.30. The number of hydrogen-bond acceptors (Lipinski definition) is 5. The molecule has 3 N–H and O–H groups in total. The molecule has 1 aromatic heterocycles. The molecule has 0 spiro atoms. The highest BCUT2D eigenvalue weighted by Crippen LogP contribution is 2.30. The van der Waals surface area contributed by atoms with E-state index in [4.69, 9.17) is 32.0 Å². The molecule has 0 amide bonds. The summed E-state index contributed by atoms with van der Waals surface area (Å²) in [6, 6.07) is 14.0. The number of methoxy groups -OCH3 is 1. The number of nitrogens with two attached hydrogens (primary N) is 1. The maximum Gasteiger partial charge on any atom is 0.154 e. The minimum atomic E-state index is 0. The van der Waals surface area contributed by atoms with Crippen LogP contribution in [0.2, 0.25) is 5.02 Å². The van der Waals surface area contributed by atoms with Gasteiger partial charge in [0, 0.05) is 16.5 Å². The van der Waals surface area contributed by atoms with E-state index in [1.54, 1.807) is 7.11 Å². The van der Waals surface area contributed by atoms with Crippen LogP contribution >= 0.6 is 36.4 Å². The lowest BCUT2D eigenvalue weighted by atomic mass is 9.86. The molecular weight excluding hydrogens is 467 g/mol. The van der Waals surface area contributed by atoms with Crippen molar-refractivity contribution in [3.8, 4) is 5.75 Å². The molecule has 0 bridgehead atoms. The van der Waals surface area contributed by atoms with Gasteiger partial charge in [0.2, 0.25) is 0 Å². The Hall–Kier alpha value is -2.05. The third-order valence-corrected chi connectivity index (χ3v) is 5.99. The molecule has 5 nitrogen and oxygen atoms in total. The van der Waals surface area contributed by atoms with Crippen LogP contribution in [-0.2, 0) is 0 Å². The SMILES string of the molecule is COc1ccc2nc(/C=C/c3ccc(Cl)cc3)nc(NC3CCC(CN)CC3)c2c1.Cl.Cl. The summed E-state index contributed by atoms with van der Waals surface area (Å²) in [5.41, 5.74) is 7.78. The van der Waals surface area contributed by atoms with Crippen molar-refractivity contribution in [3.63, 3.8) is 0 Å². The van der Waals surface area contributed by atoms with E-state index < -0.39 is 0 Å². The molecule has 0 radical (unpaired) electrons. The van der Waals surface area contributed by atoms with Gasteiger partial charge in [-0.2, -0.15) is 0 Å². The molecular formula is C24H29Cl3N4O. The second-order valence-electron chi connectivity index (χ2n) is 7.80. The van der Waals surface area contributed by atoms with Crippen molar-refractivity contribution in [3.05, 3.63) is 58.9 Å². The Morgan fingerprint density at radius 1 is 1.03 bits per heavy atom. The average Bonchev–Trinajstić information content (AvgIpc) is 2.79. The lowest BCUT2D eigenvalue weighted by molar-refractivity contribution is 0.344. The van der Waals surface area contributed by atoms with Crippen molar-refractivity contribution in [2.45, 2.75) is 31.7 Å². The first-order valence-corrected chi connectivity index (χ1v) is 10.8. The third kappa shape index (κ3) is 6.48. The Balaban J connectivity index is 0.00000181. The molecule has 0 saturated heterocycles. The summed E-state index contributed by atoms with van der Waals surface area (Å²) in [5.74, 6) is 2.96. The standard InChI is InChI=1S/C24H27ClN4O.2ClH/c1-30-20-11-12-22-21(14-20)24(27-19-9-4-17(15-26)5-10-19)29-23(28-22)13-6-16-2-7-18(25)8-3-16;;/h2-3,6-8,11-14,17,19H,4-5,9-10,15,26H2,1H3,(H,27,28,29);2*1H/b13-6+;;. The summed E-state index contributed by atoms with van der Waals surface area (Å²) in [6.45, 7) is 0.778. The molecule has 1 saturated carbocycles. The summed E-state index contributed by atoms with van der Waals surface area (Å²) in [6.07, 6.45) is 8.45. The van der Waals surface area contributed by atoms with Crippen molar-refractivity contribution in [2.75, 3.05) is 19.0 Å². The van der Waals surface area contributed by atoms with Gasteiger partial charge in [0.25, 0.3) is 0 Å². The monoisotopic (exact) mass is 494 g/mol. The van der Waals surface area contributed by atoms with E-state index in [2.05, 4.69) is 5.32 Å². The van der Waals surface area contributed by atoms with Gasteiger partial charge in [-0.25, -0.2) is 9.97 Å². The molecule has 1 aliphatic carbocycles. The van der Waals surface area contributed by atoms with Crippen LogP contribution in [-0.4, -0.2) is 29.7 Å². The maximum absolute atomic E-state index is 5.98. The normalized spacial score (nSPS) is 18.1. The molecule has 172 valence electrons. The van der Waals surface area contributed by atoms with Crippen LogP contribution in [0.15, 0.2) is 42.5 Å². The lowest BCUT2D eigenvalue weighted by Gasteiger charge is -2.29. The minimum Gasteiger partial charge on any atom is -0.497 e. The van der Waals surface area contributed by atoms with Gasteiger partial charge in [-0.05, 0) is 80.1 Å². The van der Waals surface area contributed by atoms with Crippen molar-refractivity contribution in [1.29, 1.82) is 0 Å².